The Morgan fingerprint density at radius 1 is 1.16 bits per heavy atom. The Bertz CT molecular complexity index is 385. The quantitative estimate of drug-likeness (QED) is 0.856. The molecule has 1 rings (SSSR count). The summed E-state index contributed by atoms with van der Waals surface area (Å²) in [6.07, 6.45) is -0.651. The predicted molar refractivity (Wildman–Crippen MR) is 71.1 cm³/mol. The molecule has 0 aliphatic rings. The Balaban J connectivity index is 2.61. The molecule has 0 aliphatic heterocycles. The second-order valence-corrected chi connectivity index (χ2v) is 5.47. The fraction of sp³-hybridized carbons (Fsp3) is 0.600. The summed E-state index contributed by atoms with van der Waals surface area (Å²) in [7, 11) is 0. The number of benzene rings is 1. The summed E-state index contributed by atoms with van der Waals surface area (Å²) >= 11 is 0. The fourth-order valence-electron chi connectivity index (χ4n) is 1.80. The minimum Gasteiger partial charge on any atom is -0.384 e. The van der Waals surface area contributed by atoms with Crippen LogP contribution >= 0.6 is 0 Å². The van der Waals surface area contributed by atoms with Crippen LogP contribution in [-0.4, -0.2) is 22.7 Å². The molecule has 2 nitrogen and oxygen atoms in total. The van der Waals surface area contributed by atoms with Gasteiger partial charge in [-0.25, -0.2) is 8.78 Å². The number of alkyl halides is 2. The third-order valence-corrected chi connectivity index (χ3v) is 3.45. The van der Waals surface area contributed by atoms with E-state index in [4.69, 9.17) is 4.74 Å². The van der Waals surface area contributed by atoms with Gasteiger partial charge >= 0.3 is 0 Å². The van der Waals surface area contributed by atoms with Gasteiger partial charge in [-0.15, -0.1) is 0 Å². The zero-order valence-electron chi connectivity index (χ0n) is 11.9. The number of aliphatic hydroxyl groups is 1. The van der Waals surface area contributed by atoms with Gasteiger partial charge in [0.25, 0.3) is 5.92 Å². The van der Waals surface area contributed by atoms with Gasteiger partial charge in [-0.05, 0) is 26.3 Å². The molecule has 2 atom stereocenters. The van der Waals surface area contributed by atoms with Gasteiger partial charge < -0.3 is 9.84 Å². The standard InChI is InChI=1S/C15H22F2O2/c1-11(15(16,17)14(3,4)18)12(2)19-10-13-8-6-5-7-9-13/h5-9,11-12,18H,10H2,1-4H3. The lowest BCUT2D eigenvalue weighted by Crippen LogP contribution is -2.50. The van der Waals surface area contributed by atoms with Gasteiger partial charge in [0.2, 0.25) is 0 Å². The summed E-state index contributed by atoms with van der Waals surface area (Å²) in [6, 6.07) is 9.39. The van der Waals surface area contributed by atoms with Crippen LogP contribution in [0.15, 0.2) is 30.3 Å². The molecule has 0 heterocycles. The monoisotopic (exact) mass is 272 g/mol. The predicted octanol–water partition coefficient (Wildman–Crippen LogP) is 3.63. The first-order valence-electron chi connectivity index (χ1n) is 6.42. The molecule has 0 aliphatic carbocycles. The van der Waals surface area contributed by atoms with E-state index in [1.165, 1.54) is 6.92 Å². The van der Waals surface area contributed by atoms with Crippen molar-refractivity contribution in [3.63, 3.8) is 0 Å². The van der Waals surface area contributed by atoms with Crippen molar-refractivity contribution in [2.45, 2.75) is 51.9 Å². The van der Waals surface area contributed by atoms with Crippen molar-refractivity contribution >= 4 is 0 Å². The topological polar surface area (TPSA) is 29.5 Å². The highest BCUT2D eigenvalue weighted by atomic mass is 19.3. The molecule has 0 aromatic heterocycles. The molecule has 0 saturated carbocycles. The van der Waals surface area contributed by atoms with Crippen LogP contribution in [0.25, 0.3) is 0 Å². The highest BCUT2D eigenvalue weighted by Crippen LogP contribution is 2.38. The highest BCUT2D eigenvalue weighted by molar-refractivity contribution is 5.13. The summed E-state index contributed by atoms with van der Waals surface area (Å²) in [5, 5.41) is 9.54. The van der Waals surface area contributed by atoms with E-state index in [0.29, 0.717) is 0 Å². The summed E-state index contributed by atoms with van der Waals surface area (Å²) in [5.41, 5.74) is -1.12. The average Bonchev–Trinajstić information content (AvgIpc) is 2.34. The molecule has 108 valence electrons. The fourth-order valence-corrected chi connectivity index (χ4v) is 1.80. The van der Waals surface area contributed by atoms with E-state index in [1.807, 2.05) is 30.3 Å². The van der Waals surface area contributed by atoms with Crippen LogP contribution in [0, 0.1) is 5.92 Å². The van der Waals surface area contributed by atoms with E-state index >= 15 is 0 Å². The Morgan fingerprint density at radius 2 is 1.68 bits per heavy atom. The lowest BCUT2D eigenvalue weighted by molar-refractivity contribution is -0.213. The van der Waals surface area contributed by atoms with Crippen molar-refractivity contribution < 1.29 is 18.6 Å². The normalized spacial score (nSPS) is 16.2. The molecule has 4 heteroatoms. The van der Waals surface area contributed by atoms with Crippen LogP contribution in [-0.2, 0) is 11.3 Å². The van der Waals surface area contributed by atoms with Crippen LogP contribution in [0.1, 0.15) is 33.3 Å². The number of ether oxygens (including phenoxy) is 1. The van der Waals surface area contributed by atoms with Gasteiger partial charge in [-0.3, -0.25) is 0 Å². The van der Waals surface area contributed by atoms with Gasteiger partial charge in [-0.1, -0.05) is 37.3 Å². The SMILES string of the molecule is CC(OCc1ccccc1)C(C)C(F)(F)C(C)(C)O. The van der Waals surface area contributed by atoms with Crippen molar-refractivity contribution in [3.8, 4) is 0 Å². The molecular weight excluding hydrogens is 250 g/mol. The molecule has 19 heavy (non-hydrogen) atoms. The summed E-state index contributed by atoms with van der Waals surface area (Å²) in [6.45, 7) is 5.52. The van der Waals surface area contributed by atoms with E-state index in [2.05, 4.69) is 0 Å². The number of hydrogen-bond donors (Lipinski definition) is 1. The van der Waals surface area contributed by atoms with Crippen molar-refractivity contribution in [3.05, 3.63) is 35.9 Å². The number of rotatable bonds is 6. The molecule has 1 aromatic carbocycles. The van der Waals surface area contributed by atoms with Crippen molar-refractivity contribution in [2.24, 2.45) is 5.92 Å². The van der Waals surface area contributed by atoms with Crippen LogP contribution in [0.3, 0.4) is 0 Å². The van der Waals surface area contributed by atoms with E-state index in [-0.39, 0.29) is 6.61 Å². The third-order valence-electron chi connectivity index (χ3n) is 3.45. The van der Waals surface area contributed by atoms with Gasteiger partial charge in [0.1, 0.15) is 5.60 Å². The summed E-state index contributed by atoms with van der Waals surface area (Å²) in [5.74, 6) is -4.28. The van der Waals surface area contributed by atoms with Gasteiger partial charge in [0.05, 0.1) is 12.7 Å². The lowest BCUT2D eigenvalue weighted by Gasteiger charge is -2.36. The van der Waals surface area contributed by atoms with Crippen LogP contribution in [0.4, 0.5) is 8.78 Å². The maximum absolute atomic E-state index is 14.0. The zero-order chi connectivity index (χ0) is 14.7. The van der Waals surface area contributed by atoms with Crippen LogP contribution in [0.5, 0.6) is 0 Å². The number of hydrogen-bond acceptors (Lipinski definition) is 2. The van der Waals surface area contributed by atoms with Gasteiger partial charge in [-0.2, -0.15) is 0 Å². The van der Waals surface area contributed by atoms with Crippen molar-refractivity contribution in [1.82, 2.24) is 0 Å². The maximum atomic E-state index is 14.0. The van der Waals surface area contributed by atoms with Crippen LogP contribution < -0.4 is 0 Å². The minimum absolute atomic E-state index is 0.286. The Morgan fingerprint density at radius 3 is 2.16 bits per heavy atom. The smallest absolute Gasteiger partial charge is 0.280 e. The summed E-state index contributed by atoms with van der Waals surface area (Å²) < 4.78 is 33.4. The zero-order valence-corrected chi connectivity index (χ0v) is 11.9. The van der Waals surface area contributed by atoms with Gasteiger partial charge in [0, 0.05) is 5.92 Å². The van der Waals surface area contributed by atoms with Crippen LogP contribution in [0.2, 0.25) is 0 Å². The molecule has 1 aromatic rings. The first-order valence-corrected chi connectivity index (χ1v) is 6.42. The van der Waals surface area contributed by atoms with E-state index < -0.39 is 23.5 Å². The molecule has 1 N–H and O–H groups in total. The molecule has 0 spiro atoms. The first-order chi connectivity index (χ1) is 8.66. The minimum atomic E-state index is -3.21. The number of halogens is 2. The second kappa shape index (κ2) is 5.97. The molecular formula is C15H22F2O2. The average molecular weight is 272 g/mol. The Labute approximate surface area is 113 Å². The lowest BCUT2D eigenvalue weighted by atomic mass is 9.86. The third kappa shape index (κ3) is 3.98. The van der Waals surface area contributed by atoms with Crippen molar-refractivity contribution in [2.75, 3.05) is 0 Å². The van der Waals surface area contributed by atoms with E-state index in [1.54, 1.807) is 6.92 Å². The largest absolute Gasteiger partial charge is 0.384 e. The highest BCUT2D eigenvalue weighted by Gasteiger charge is 2.51. The second-order valence-electron chi connectivity index (χ2n) is 5.47. The van der Waals surface area contributed by atoms with E-state index in [9.17, 15) is 13.9 Å². The molecule has 0 radical (unpaired) electrons. The molecule has 2 unspecified atom stereocenters. The Kier molecular flexibility index (Phi) is 5.04. The molecule has 0 amide bonds. The van der Waals surface area contributed by atoms with E-state index in [0.717, 1.165) is 19.4 Å². The Hall–Kier alpha value is -1.00. The van der Waals surface area contributed by atoms with Crippen molar-refractivity contribution in [1.29, 1.82) is 0 Å². The first kappa shape index (κ1) is 16.1. The molecule has 0 saturated heterocycles. The van der Waals surface area contributed by atoms with Gasteiger partial charge in [0.15, 0.2) is 0 Å². The maximum Gasteiger partial charge on any atom is 0.280 e. The summed E-state index contributed by atoms with van der Waals surface area (Å²) in [4.78, 5) is 0. The molecule has 0 fully saturated rings. The molecule has 0 bridgehead atoms.